The molecule has 0 aromatic carbocycles. The number of hydrogen-bond donors (Lipinski definition) is 2. The minimum Gasteiger partial charge on any atom is -0.462 e. The van der Waals surface area contributed by atoms with Gasteiger partial charge in [0, 0.05) is 19.4 Å². The molecule has 9 nitrogen and oxygen atoms in total. The summed E-state index contributed by atoms with van der Waals surface area (Å²) in [5, 5.41) is 2.81. The lowest BCUT2D eigenvalue weighted by atomic mass is 10.1. The van der Waals surface area contributed by atoms with Crippen molar-refractivity contribution in [3.63, 3.8) is 0 Å². The average molecular weight is 780 g/mol. The van der Waals surface area contributed by atoms with Gasteiger partial charge in [0.25, 0.3) is 0 Å². The molecule has 0 radical (unpaired) electrons. The molecule has 2 N–H and O–H groups in total. The van der Waals surface area contributed by atoms with E-state index < -0.39 is 32.5 Å². The smallest absolute Gasteiger partial charge is 0.462 e. The standard InChI is InChI=1S/C44H78NO8P/c1-4-6-8-10-12-14-16-18-20-21-23-25-27-29-31-33-35-37-44(47)53-42(41-52-54(48,49)51-39-38-45-3)40-50-43(46)36-34-32-30-28-26-24-22-19-17-15-13-11-9-7-5-2/h12,14-15,17-18,20,23,25,29,31,42,45H,4-11,13,16,19,21-22,24,26-28,30,32-41H2,1-3H3,(H,48,49)/b14-12-,17-15-,20-18-,25-23-,31-29-. The molecule has 0 aromatic rings. The van der Waals surface area contributed by atoms with E-state index in [0.29, 0.717) is 19.4 Å². The van der Waals surface area contributed by atoms with Gasteiger partial charge in [-0.3, -0.25) is 18.6 Å². The van der Waals surface area contributed by atoms with Gasteiger partial charge in [-0.25, -0.2) is 4.57 Å². The van der Waals surface area contributed by atoms with E-state index in [9.17, 15) is 19.0 Å². The first-order valence-corrected chi connectivity index (χ1v) is 22.7. The number of ether oxygens (including phenoxy) is 2. The number of hydrogen-bond acceptors (Lipinski definition) is 8. The largest absolute Gasteiger partial charge is 0.472 e. The number of rotatable bonds is 39. The molecule has 2 atom stereocenters. The molecular formula is C44H78NO8P. The van der Waals surface area contributed by atoms with E-state index in [1.54, 1.807) is 7.05 Å². The number of esters is 2. The fraction of sp³-hybridized carbons (Fsp3) is 0.727. The zero-order valence-electron chi connectivity index (χ0n) is 34.4. The monoisotopic (exact) mass is 780 g/mol. The molecule has 54 heavy (non-hydrogen) atoms. The van der Waals surface area contributed by atoms with E-state index in [2.05, 4.69) is 73.8 Å². The van der Waals surface area contributed by atoms with Crippen molar-refractivity contribution >= 4 is 19.8 Å². The van der Waals surface area contributed by atoms with Gasteiger partial charge >= 0.3 is 19.8 Å². The molecule has 0 saturated carbocycles. The van der Waals surface area contributed by atoms with Crippen LogP contribution in [0.15, 0.2) is 60.8 Å². The van der Waals surface area contributed by atoms with Crippen LogP contribution in [0.5, 0.6) is 0 Å². The molecule has 2 unspecified atom stereocenters. The first-order chi connectivity index (χ1) is 26.3. The molecule has 0 aliphatic rings. The van der Waals surface area contributed by atoms with Crippen molar-refractivity contribution < 1.29 is 37.6 Å². The summed E-state index contributed by atoms with van der Waals surface area (Å²) < 4.78 is 33.1. The van der Waals surface area contributed by atoms with Gasteiger partial charge in [0.05, 0.1) is 13.2 Å². The lowest BCUT2D eigenvalue weighted by molar-refractivity contribution is -0.161. The van der Waals surface area contributed by atoms with Gasteiger partial charge in [-0.1, -0.05) is 139 Å². The Morgan fingerprint density at radius 3 is 1.59 bits per heavy atom. The first-order valence-electron chi connectivity index (χ1n) is 21.2. The van der Waals surface area contributed by atoms with E-state index >= 15 is 0 Å². The molecule has 0 bridgehead atoms. The van der Waals surface area contributed by atoms with Gasteiger partial charge in [0.15, 0.2) is 6.10 Å². The molecule has 0 fully saturated rings. The maximum Gasteiger partial charge on any atom is 0.472 e. The highest BCUT2D eigenvalue weighted by Gasteiger charge is 2.26. The van der Waals surface area contributed by atoms with Gasteiger partial charge in [-0.2, -0.15) is 0 Å². The Bertz CT molecular complexity index is 1070. The second-order valence-electron chi connectivity index (χ2n) is 13.8. The molecule has 0 heterocycles. The van der Waals surface area contributed by atoms with Crippen LogP contribution in [-0.2, 0) is 32.7 Å². The Hall–Kier alpha value is -2.29. The number of phosphoric acid groups is 1. The lowest BCUT2D eigenvalue weighted by Crippen LogP contribution is -2.29. The quantitative estimate of drug-likeness (QED) is 0.0272. The highest BCUT2D eigenvalue weighted by molar-refractivity contribution is 7.47. The second-order valence-corrected chi connectivity index (χ2v) is 15.3. The summed E-state index contributed by atoms with van der Waals surface area (Å²) >= 11 is 0. The van der Waals surface area contributed by atoms with E-state index in [1.165, 1.54) is 77.0 Å². The molecule has 0 aliphatic heterocycles. The fourth-order valence-electron chi connectivity index (χ4n) is 5.36. The predicted molar refractivity (Wildman–Crippen MR) is 224 cm³/mol. The van der Waals surface area contributed by atoms with Gasteiger partial charge in [-0.05, 0) is 84.1 Å². The number of unbranched alkanes of at least 4 members (excludes halogenated alkanes) is 15. The number of carbonyl (C=O) groups excluding carboxylic acids is 2. The normalized spacial score (nSPS) is 13.9. The topological polar surface area (TPSA) is 120 Å². The summed E-state index contributed by atoms with van der Waals surface area (Å²) in [4.78, 5) is 35.0. The third-order valence-corrected chi connectivity index (χ3v) is 9.59. The van der Waals surface area contributed by atoms with Crippen LogP contribution < -0.4 is 5.32 Å². The highest BCUT2D eigenvalue weighted by Crippen LogP contribution is 2.43. The van der Waals surface area contributed by atoms with Gasteiger partial charge in [-0.15, -0.1) is 0 Å². The molecule has 10 heteroatoms. The Morgan fingerprint density at radius 2 is 1.02 bits per heavy atom. The Morgan fingerprint density at radius 1 is 0.574 bits per heavy atom. The van der Waals surface area contributed by atoms with E-state index in [0.717, 1.165) is 51.4 Å². The van der Waals surface area contributed by atoms with Crippen LogP contribution in [-0.4, -0.2) is 56.3 Å². The zero-order chi connectivity index (χ0) is 39.6. The lowest BCUT2D eigenvalue weighted by Gasteiger charge is -2.20. The SMILES string of the molecule is CCCCC/C=C\C/C=C\C/C=C\C/C=C\CCCC(=O)OC(COC(=O)CCCCCCCCC/C=C\CCCCCC)COP(=O)(O)OCCNC. The van der Waals surface area contributed by atoms with Crippen LogP contribution in [0.3, 0.4) is 0 Å². The van der Waals surface area contributed by atoms with Crippen LogP contribution in [0, 0.1) is 0 Å². The maximum absolute atomic E-state index is 12.6. The first kappa shape index (κ1) is 51.7. The highest BCUT2D eigenvalue weighted by atomic mass is 31.2. The molecule has 0 amide bonds. The summed E-state index contributed by atoms with van der Waals surface area (Å²) in [6.07, 6.45) is 45.5. The number of phosphoric ester groups is 1. The van der Waals surface area contributed by atoms with Crippen molar-refractivity contribution in [3.8, 4) is 0 Å². The maximum atomic E-state index is 12.6. The summed E-state index contributed by atoms with van der Waals surface area (Å²) in [7, 11) is -2.67. The fourth-order valence-corrected chi connectivity index (χ4v) is 6.11. The average Bonchev–Trinajstić information content (AvgIpc) is 3.15. The van der Waals surface area contributed by atoms with Gasteiger partial charge in [0.2, 0.25) is 0 Å². The van der Waals surface area contributed by atoms with Crippen LogP contribution in [0.25, 0.3) is 0 Å². The van der Waals surface area contributed by atoms with Gasteiger partial charge < -0.3 is 19.7 Å². The molecular weight excluding hydrogens is 701 g/mol. The molecule has 0 aromatic heterocycles. The third kappa shape index (κ3) is 39.4. The van der Waals surface area contributed by atoms with Crippen molar-refractivity contribution in [2.45, 2.75) is 174 Å². The summed E-state index contributed by atoms with van der Waals surface area (Å²) in [6, 6.07) is 0. The van der Waals surface area contributed by atoms with Crippen molar-refractivity contribution in [2.75, 3.05) is 33.4 Å². The molecule has 0 spiro atoms. The number of carbonyl (C=O) groups is 2. The van der Waals surface area contributed by atoms with Crippen LogP contribution in [0.4, 0.5) is 0 Å². The second kappa shape index (κ2) is 40.4. The molecule has 312 valence electrons. The van der Waals surface area contributed by atoms with Crippen molar-refractivity contribution in [3.05, 3.63) is 60.8 Å². The number of nitrogens with one attached hydrogen (secondary N) is 1. The van der Waals surface area contributed by atoms with Crippen molar-refractivity contribution in [1.82, 2.24) is 5.32 Å². The Kier molecular flexibility index (Phi) is 38.7. The van der Waals surface area contributed by atoms with Crippen LogP contribution in [0.2, 0.25) is 0 Å². The number of likely N-dealkylation sites (N-methyl/N-ethyl adjacent to an activating group) is 1. The number of allylic oxidation sites excluding steroid dienone is 10. The van der Waals surface area contributed by atoms with E-state index in [-0.39, 0.29) is 26.1 Å². The minimum absolute atomic E-state index is 0.0300. The van der Waals surface area contributed by atoms with Crippen molar-refractivity contribution in [2.24, 2.45) is 0 Å². The van der Waals surface area contributed by atoms with E-state index in [1.807, 2.05) is 6.08 Å². The molecule has 0 rings (SSSR count). The minimum atomic E-state index is -4.37. The predicted octanol–water partition coefficient (Wildman–Crippen LogP) is 12.0. The van der Waals surface area contributed by atoms with Crippen LogP contribution in [0.1, 0.15) is 168 Å². The molecule has 0 saturated heterocycles. The zero-order valence-corrected chi connectivity index (χ0v) is 35.3. The summed E-state index contributed by atoms with van der Waals surface area (Å²) in [5.74, 6) is -0.881. The van der Waals surface area contributed by atoms with Crippen molar-refractivity contribution in [1.29, 1.82) is 0 Å². The molecule has 0 aliphatic carbocycles. The van der Waals surface area contributed by atoms with E-state index in [4.69, 9.17) is 18.5 Å². The van der Waals surface area contributed by atoms with Gasteiger partial charge in [0.1, 0.15) is 6.61 Å². The third-order valence-electron chi connectivity index (χ3n) is 8.61. The Labute approximate surface area is 330 Å². The summed E-state index contributed by atoms with van der Waals surface area (Å²) in [6.45, 7) is 4.10. The Balaban J connectivity index is 4.35. The van der Waals surface area contributed by atoms with Crippen LogP contribution >= 0.6 is 7.82 Å². The summed E-state index contributed by atoms with van der Waals surface area (Å²) in [5.41, 5.74) is 0.